The maximum Gasteiger partial charge on any atom is 0.254 e. The fraction of sp³-hybridized carbons (Fsp3) is 0.200. The first kappa shape index (κ1) is 22.1. The number of ether oxygens (including phenoxy) is 1. The van der Waals surface area contributed by atoms with Crippen molar-refractivity contribution in [3.8, 4) is 5.75 Å². The number of rotatable bonds is 9. The maximum atomic E-state index is 12.5. The van der Waals surface area contributed by atoms with Gasteiger partial charge in [-0.15, -0.1) is 6.58 Å². The molecule has 0 aliphatic carbocycles. The highest BCUT2D eigenvalue weighted by molar-refractivity contribution is 7.89. The summed E-state index contributed by atoms with van der Waals surface area (Å²) in [5.74, 6) is -0.0998. The summed E-state index contributed by atoms with van der Waals surface area (Å²) in [5.41, 5.74) is 0.852. The topological polar surface area (TPSA) is 105 Å². The zero-order valence-corrected chi connectivity index (χ0v) is 17.0. The van der Waals surface area contributed by atoms with Crippen molar-refractivity contribution in [2.24, 2.45) is 0 Å². The molecule has 0 atom stereocenters. The molecule has 0 unspecified atom stereocenters. The van der Waals surface area contributed by atoms with E-state index in [-0.39, 0.29) is 29.5 Å². The van der Waals surface area contributed by atoms with E-state index in [1.165, 1.54) is 42.3 Å². The summed E-state index contributed by atoms with van der Waals surface area (Å²) in [7, 11) is -0.621. The maximum absolute atomic E-state index is 12.5. The minimum Gasteiger partial charge on any atom is -0.497 e. The van der Waals surface area contributed by atoms with Crippen LogP contribution in [0.25, 0.3) is 0 Å². The molecular weight excluding hydrogens is 394 g/mol. The van der Waals surface area contributed by atoms with Gasteiger partial charge in [-0.2, -0.15) is 0 Å². The molecule has 2 rings (SSSR count). The number of amides is 2. The predicted molar refractivity (Wildman–Crippen MR) is 110 cm³/mol. The largest absolute Gasteiger partial charge is 0.497 e. The second kappa shape index (κ2) is 9.85. The van der Waals surface area contributed by atoms with Crippen LogP contribution >= 0.6 is 0 Å². The number of hydrogen-bond acceptors (Lipinski definition) is 5. The second-order valence-corrected chi connectivity index (χ2v) is 7.87. The molecule has 0 saturated carbocycles. The summed E-state index contributed by atoms with van der Waals surface area (Å²) < 4.78 is 31.5. The van der Waals surface area contributed by atoms with Gasteiger partial charge in [-0.1, -0.05) is 6.08 Å². The monoisotopic (exact) mass is 417 g/mol. The van der Waals surface area contributed by atoms with E-state index in [2.05, 4.69) is 16.6 Å². The first-order chi connectivity index (χ1) is 13.8. The van der Waals surface area contributed by atoms with Crippen LogP contribution in [-0.4, -0.2) is 52.4 Å². The number of nitrogens with one attached hydrogen (secondary N) is 2. The number of nitrogens with zero attached hydrogens (tertiary/aromatic N) is 1. The molecule has 0 radical (unpaired) electrons. The van der Waals surface area contributed by atoms with Gasteiger partial charge in [0.05, 0.1) is 18.6 Å². The lowest BCUT2D eigenvalue weighted by molar-refractivity contribution is -0.116. The number of carbonyl (C=O) groups is 2. The lowest BCUT2D eigenvalue weighted by Crippen LogP contribution is -2.35. The number of methoxy groups -OCH3 is 1. The van der Waals surface area contributed by atoms with Crippen LogP contribution in [0.15, 0.2) is 66.1 Å². The van der Waals surface area contributed by atoms with Crippen molar-refractivity contribution in [1.82, 2.24) is 9.62 Å². The third-order valence-corrected chi connectivity index (χ3v) is 5.37. The Balaban J connectivity index is 1.98. The van der Waals surface area contributed by atoms with E-state index in [1.54, 1.807) is 31.4 Å². The van der Waals surface area contributed by atoms with Gasteiger partial charge in [0, 0.05) is 24.8 Å². The Morgan fingerprint density at radius 1 is 1.10 bits per heavy atom. The Kier molecular flexibility index (Phi) is 7.52. The van der Waals surface area contributed by atoms with Crippen molar-refractivity contribution in [3.63, 3.8) is 0 Å². The number of sulfonamides is 1. The molecule has 29 heavy (non-hydrogen) atoms. The normalized spacial score (nSPS) is 10.8. The molecule has 154 valence electrons. The third-order valence-electron chi connectivity index (χ3n) is 3.93. The van der Waals surface area contributed by atoms with Crippen LogP contribution < -0.4 is 14.8 Å². The fourth-order valence-electron chi connectivity index (χ4n) is 2.41. The van der Waals surface area contributed by atoms with Crippen LogP contribution in [0.2, 0.25) is 0 Å². The van der Waals surface area contributed by atoms with Crippen LogP contribution in [0.4, 0.5) is 5.69 Å². The van der Waals surface area contributed by atoms with Gasteiger partial charge < -0.3 is 15.0 Å². The molecule has 0 fully saturated rings. The number of hydrogen-bond donors (Lipinski definition) is 2. The third kappa shape index (κ3) is 6.16. The van der Waals surface area contributed by atoms with E-state index in [0.29, 0.717) is 11.4 Å². The van der Waals surface area contributed by atoms with Crippen molar-refractivity contribution >= 4 is 27.5 Å². The van der Waals surface area contributed by atoms with Crippen molar-refractivity contribution in [1.29, 1.82) is 0 Å². The summed E-state index contributed by atoms with van der Waals surface area (Å²) in [6.07, 6.45) is 1.43. The summed E-state index contributed by atoms with van der Waals surface area (Å²) in [5, 5.41) is 2.70. The van der Waals surface area contributed by atoms with Crippen LogP contribution in [0.1, 0.15) is 10.4 Å². The standard InChI is InChI=1S/C20H23N3O5S/c1-4-13-21-29(26,27)18-11-5-15(6-12-18)20(25)23(2)14-19(24)22-16-7-9-17(28-3)10-8-16/h4-12,21H,1,13-14H2,2-3H3,(H,22,24). The van der Waals surface area contributed by atoms with Gasteiger partial charge in [0.2, 0.25) is 15.9 Å². The molecule has 0 aliphatic heterocycles. The molecule has 2 aromatic carbocycles. The van der Waals surface area contributed by atoms with Crippen molar-refractivity contribution in [2.45, 2.75) is 4.90 Å². The summed E-state index contributed by atoms with van der Waals surface area (Å²) >= 11 is 0. The minimum atomic E-state index is -3.66. The minimum absolute atomic E-state index is 0.0378. The molecule has 2 N–H and O–H groups in total. The zero-order valence-electron chi connectivity index (χ0n) is 16.2. The molecule has 2 amide bonds. The molecule has 8 nitrogen and oxygen atoms in total. The summed E-state index contributed by atoms with van der Waals surface area (Å²) in [6.45, 7) is 3.40. The molecule has 0 saturated heterocycles. The Labute approximate surface area is 170 Å². The van der Waals surface area contributed by atoms with Crippen LogP contribution in [-0.2, 0) is 14.8 Å². The highest BCUT2D eigenvalue weighted by Gasteiger charge is 2.17. The lowest BCUT2D eigenvalue weighted by Gasteiger charge is -2.17. The zero-order chi connectivity index (χ0) is 21.4. The van der Waals surface area contributed by atoms with Gasteiger partial charge in [0.25, 0.3) is 5.91 Å². The smallest absolute Gasteiger partial charge is 0.254 e. The van der Waals surface area contributed by atoms with Crippen molar-refractivity contribution < 1.29 is 22.7 Å². The van der Waals surface area contributed by atoms with E-state index >= 15 is 0 Å². The lowest BCUT2D eigenvalue weighted by atomic mass is 10.2. The molecule has 0 heterocycles. The van der Waals surface area contributed by atoms with E-state index in [1.807, 2.05) is 0 Å². The molecule has 9 heteroatoms. The molecular formula is C20H23N3O5S. The summed E-state index contributed by atoms with van der Waals surface area (Å²) in [6, 6.07) is 12.3. The fourth-order valence-corrected chi connectivity index (χ4v) is 3.41. The van der Waals surface area contributed by atoms with Gasteiger partial charge in [-0.25, -0.2) is 13.1 Å². The molecule has 0 spiro atoms. The van der Waals surface area contributed by atoms with E-state index in [9.17, 15) is 18.0 Å². The second-order valence-electron chi connectivity index (χ2n) is 6.10. The molecule has 0 aromatic heterocycles. The number of carbonyl (C=O) groups excluding carboxylic acids is 2. The van der Waals surface area contributed by atoms with Crippen LogP contribution in [0.5, 0.6) is 5.75 Å². The average Bonchev–Trinajstić information content (AvgIpc) is 2.72. The highest BCUT2D eigenvalue weighted by Crippen LogP contribution is 2.15. The van der Waals surface area contributed by atoms with E-state index in [4.69, 9.17) is 4.74 Å². The first-order valence-corrected chi connectivity index (χ1v) is 10.1. The average molecular weight is 417 g/mol. The Bertz CT molecular complexity index is 970. The van der Waals surface area contributed by atoms with Crippen molar-refractivity contribution in [3.05, 3.63) is 66.7 Å². The SMILES string of the molecule is C=CCNS(=O)(=O)c1ccc(C(=O)N(C)CC(=O)Nc2ccc(OC)cc2)cc1. The predicted octanol–water partition coefficient (Wildman–Crippen LogP) is 1.87. The summed E-state index contributed by atoms with van der Waals surface area (Å²) in [4.78, 5) is 26.0. The quantitative estimate of drug-likeness (QED) is 0.606. The van der Waals surface area contributed by atoms with Gasteiger partial charge in [-0.3, -0.25) is 9.59 Å². The van der Waals surface area contributed by atoms with Crippen LogP contribution in [0, 0.1) is 0 Å². The van der Waals surface area contributed by atoms with E-state index in [0.717, 1.165) is 0 Å². The Morgan fingerprint density at radius 3 is 2.28 bits per heavy atom. The first-order valence-electron chi connectivity index (χ1n) is 8.67. The highest BCUT2D eigenvalue weighted by atomic mass is 32.2. The van der Waals surface area contributed by atoms with Gasteiger partial charge >= 0.3 is 0 Å². The Morgan fingerprint density at radius 2 is 1.72 bits per heavy atom. The number of likely N-dealkylation sites (N-methyl/N-ethyl adjacent to an activating group) is 1. The van der Waals surface area contributed by atoms with E-state index < -0.39 is 15.9 Å². The van der Waals surface area contributed by atoms with Crippen molar-refractivity contribution in [2.75, 3.05) is 32.6 Å². The van der Waals surface area contributed by atoms with Crippen LogP contribution in [0.3, 0.4) is 0 Å². The number of anilines is 1. The Hall–Kier alpha value is -3.17. The van der Waals surface area contributed by atoms with Gasteiger partial charge in [-0.05, 0) is 48.5 Å². The van der Waals surface area contributed by atoms with Gasteiger partial charge in [0.1, 0.15) is 5.75 Å². The number of benzene rings is 2. The molecule has 0 bridgehead atoms. The van der Waals surface area contributed by atoms with Gasteiger partial charge in [0.15, 0.2) is 0 Å². The molecule has 2 aromatic rings. The molecule has 0 aliphatic rings.